The van der Waals surface area contributed by atoms with E-state index in [9.17, 15) is 15.4 Å². The number of allylic oxidation sites excluding steroid dienone is 1. The highest BCUT2D eigenvalue weighted by atomic mass is 32.1. The molecule has 6 nitrogen and oxygen atoms in total. The third kappa shape index (κ3) is 2.95. The van der Waals surface area contributed by atoms with E-state index in [1.165, 1.54) is 30.6 Å². The van der Waals surface area contributed by atoms with Crippen LogP contribution >= 0.6 is 11.3 Å². The summed E-state index contributed by atoms with van der Waals surface area (Å²) in [7, 11) is 1.37. The first-order valence-corrected chi connectivity index (χ1v) is 7.74. The second-order valence-corrected chi connectivity index (χ2v) is 5.88. The fraction of sp³-hybridized carbons (Fsp3) is 0.0588. The van der Waals surface area contributed by atoms with E-state index in [0.29, 0.717) is 16.1 Å². The van der Waals surface area contributed by atoms with Crippen molar-refractivity contribution in [2.75, 3.05) is 7.11 Å². The molecule has 24 heavy (non-hydrogen) atoms. The molecule has 0 fully saturated rings. The number of nitro benzene ring substituents is 1. The van der Waals surface area contributed by atoms with E-state index in [1.807, 2.05) is 24.3 Å². The van der Waals surface area contributed by atoms with Crippen LogP contribution in [0.2, 0.25) is 0 Å². The van der Waals surface area contributed by atoms with Gasteiger partial charge in [0.1, 0.15) is 11.1 Å². The van der Waals surface area contributed by atoms with Crippen LogP contribution in [0.25, 0.3) is 21.9 Å². The normalized spacial score (nSPS) is 11.2. The summed E-state index contributed by atoms with van der Waals surface area (Å²) >= 11 is 1.41. The molecule has 0 radical (unpaired) electrons. The third-order valence-electron chi connectivity index (χ3n) is 3.36. The fourth-order valence-corrected chi connectivity index (χ4v) is 3.17. The summed E-state index contributed by atoms with van der Waals surface area (Å²) in [5, 5.41) is 21.1. The predicted molar refractivity (Wildman–Crippen MR) is 92.8 cm³/mol. The average molecular weight is 337 g/mol. The number of fused-ring (bicyclic) bond motifs is 1. The van der Waals surface area contributed by atoms with E-state index >= 15 is 0 Å². The second kappa shape index (κ2) is 6.48. The minimum atomic E-state index is -0.514. The number of methoxy groups -OCH3 is 1. The summed E-state index contributed by atoms with van der Waals surface area (Å²) in [6.07, 6.45) is 1.59. The summed E-state index contributed by atoms with van der Waals surface area (Å²) in [6, 6.07) is 14.3. The van der Waals surface area contributed by atoms with Crippen molar-refractivity contribution < 1.29 is 9.66 Å². The van der Waals surface area contributed by atoms with Gasteiger partial charge in [-0.15, -0.1) is 11.3 Å². The van der Waals surface area contributed by atoms with Crippen LogP contribution in [0.15, 0.2) is 42.5 Å². The summed E-state index contributed by atoms with van der Waals surface area (Å²) in [5.74, 6) is 0.177. The zero-order chi connectivity index (χ0) is 17.1. The maximum atomic E-state index is 11.1. The molecule has 0 N–H and O–H groups in total. The van der Waals surface area contributed by atoms with Gasteiger partial charge in [0, 0.05) is 6.07 Å². The van der Waals surface area contributed by atoms with E-state index in [-0.39, 0.29) is 11.4 Å². The number of para-hydroxylation sites is 1. The van der Waals surface area contributed by atoms with Gasteiger partial charge < -0.3 is 4.74 Å². The van der Waals surface area contributed by atoms with Gasteiger partial charge in [0.15, 0.2) is 5.75 Å². The van der Waals surface area contributed by atoms with Gasteiger partial charge in [0.2, 0.25) is 0 Å². The van der Waals surface area contributed by atoms with Crippen molar-refractivity contribution in [1.82, 2.24) is 4.98 Å². The van der Waals surface area contributed by atoms with Crippen molar-refractivity contribution in [1.29, 1.82) is 5.26 Å². The lowest BCUT2D eigenvalue weighted by atomic mass is 10.1. The standard InChI is InChI=1S/C17H11N3O3S/c1-23-15-7-6-11(9-14(15)20(21)22)8-12(10-18)17-19-13-4-2-3-5-16(13)24-17/h2-9H,1H3/b12-8+. The Morgan fingerprint density at radius 2 is 2.17 bits per heavy atom. The van der Waals surface area contributed by atoms with Gasteiger partial charge in [-0.3, -0.25) is 10.1 Å². The van der Waals surface area contributed by atoms with Gasteiger partial charge in [-0.2, -0.15) is 5.26 Å². The Hall–Kier alpha value is -3.24. The number of nitro groups is 1. The average Bonchev–Trinajstić information content (AvgIpc) is 3.03. The first kappa shape index (κ1) is 15.6. The monoisotopic (exact) mass is 337 g/mol. The highest BCUT2D eigenvalue weighted by molar-refractivity contribution is 7.19. The first-order chi connectivity index (χ1) is 11.6. The van der Waals surface area contributed by atoms with Crippen LogP contribution in [0.1, 0.15) is 10.6 Å². The highest BCUT2D eigenvalue weighted by Gasteiger charge is 2.15. The van der Waals surface area contributed by atoms with E-state index in [0.717, 1.165) is 10.2 Å². The molecule has 1 aromatic heterocycles. The lowest BCUT2D eigenvalue weighted by Crippen LogP contribution is -1.94. The summed E-state index contributed by atoms with van der Waals surface area (Å²) in [4.78, 5) is 15.0. The number of ether oxygens (including phenoxy) is 1. The van der Waals surface area contributed by atoms with Crippen molar-refractivity contribution in [2.24, 2.45) is 0 Å². The summed E-state index contributed by atoms with van der Waals surface area (Å²) in [6.45, 7) is 0. The maximum absolute atomic E-state index is 11.1. The maximum Gasteiger partial charge on any atom is 0.311 e. The number of hydrogen-bond acceptors (Lipinski definition) is 6. The number of rotatable bonds is 4. The molecule has 0 unspecified atom stereocenters. The number of hydrogen-bond donors (Lipinski definition) is 0. The van der Waals surface area contributed by atoms with Crippen LogP contribution in [0.4, 0.5) is 5.69 Å². The van der Waals surface area contributed by atoms with E-state index in [4.69, 9.17) is 4.74 Å². The SMILES string of the molecule is COc1ccc(/C=C(\C#N)c2nc3ccccc3s2)cc1[N+](=O)[O-]. The van der Waals surface area contributed by atoms with Gasteiger partial charge >= 0.3 is 5.69 Å². The van der Waals surface area contributed by atoms with Crippen molar-refractivity contribution in [2.45, 2.75) is 0 Å². The van der Waals surface area contributed by atoms with Gasteiger partial charge in [-0.25, -0.2) is 4.98 Å². The van der Waals surface area contributed by atoms with Gasteiger partial charge in [-0.05, 0) is 29.8 Å². The first-order valence-electron chi connectivity index (χ1n) is 6.92. The van der Waals surface area contributed by atoms with Crippen molar-refractivity contribution >= 4 is 38.9 Å². The summed E-state index contributed by atoms with van der Waals surface area (Å²) in [5.41, 5.74) is 1.57. The van der Waals surface area contributed by atoms with Crippen molar-refractivity contribution in [3.63, 3.8) is 0 Å². The van der Waals surface area contributed by atoms with Crippen LogP contribution in [-0.2, 0) is 0 Å². The highest BCUT2D eigenvalue weighted by Crippen LogP contribution is 2.31. The van der Waals surface area contributed by atoms with Gasteiger partial charge in [0.05, 0.1) is 27.8 Å². The Bertz CT molecular complexity index is 969. The van der Waals surface area contributed by atoms with Gasteiger partial charge in [0.25, 0.3) is 0 Å². The van der Waals surface area contributed by atoms with E-state index in [1.54, 1.807) is 12.1 Å². The molecule has 0 aliphatic rings. The molecule has 0 aliphatic heterocycles. The minimum Gasteiger partial charge on any atom is -0.490 e. The number of benzene rings is 2. The Kier molecular flexibility index (Phi) is 4.22. The van der Waals surface area contributed by atoms with E-state index in [2.05, 4.69) is 11.1 Å². The molecule has 0 saturated heterocycles. The van der Waals surface area contributed by atoms with Crippen LogP contribution < -0.4 is 4.74 Å². The molecule has 3 aromatic rings. The molecule has 0 aliphatic carbocycles. The molecule has 7 heteroatoms. The number of aromatic nitrogens is 1. The molecule has 0 saturated carbocycles. The molecular weight excluding hydrogens is 326 g/mol. The Labute approximate surface area is 141 Å². The molecule has 1 heterocycles. The van der Waals surface area contributed by atoms with Crippen LogP contribution in [0, 0.1) is 21.4 Å². The molecule has 0 bridgehead atoms. The third-order valence-corrected chi connectivity index (χ3v) is 4.43. The summed E-state index contributed by atoms with van der Waals surface area (Å²) < 4.78 is 5.96. The van der Waals surface area contributed by atoms with Crippen molar-refractivity contribution in [3.8, 4) is 11.8 Å². The lowest BCUT2D eigenvalue weighted by Gasteiger charge is -2.02. The molecule has 118 valence electrons. The number of thiazole rings is 1. The van der Waals surface area contributed by atoms with Crippen molar-refractivity contribution in [3.05, 3.63) is 63.1 Å². The van der Waals surface area contributed by atoms with E-state index < -0.39 is 4.92 Å². The predicted octanol–water partition coefficient (Wildman–Crippen LogP) is 4.28. The smallest absolute Gasteiger partial charge is 0.311 e. The quantitative estimate of drug-likeness (QED) is 0.403. The Morgan fingerprint density at radius 1 is 1.38 bits per heavy atom. The zero-order valence-electron chi connectivity index (χ0n) is 12.6. The minimum absolute atomic E-state index is 0.146. The molecule has 0 amide bonds. The number of nitrogens with zero attached hydrogens (tertiary/aromatic N) is 3. The Balaban J connectivity index is 2.06. The molecule has 2 aromatic carbocycles. The largest absolute Gasteiger partial charge is 0.490 e. The molecular formula is C17H11N3O3S. The Morgan fingerprint density at radius 3 is 2.83 bits per heavy atom. The lowest BCUT2D eigenvalue weighted by molar-refractivity contribution is -0.385. The second-order valence-electron chi connectivity index (χ2n) is 4.84. The number of nitriles is 1. The molecule has 0 atom stereocenters. The molecule has 3 rings (SSSR count). The topological polar surface area (TPSA) is 89.0 Å². The fourth-order valence-electron chi connectivity index (χ4n) is 2.24. The zero-order valence-corrected chi connectivity index (χ0v) is 13.4. The van der Waals surface area contributed by atoms with Crippen LogP contribution in [-0.4, -0.2) is 17.0 Å². The molecule has 0 spiro atoms. The van der Waals surface area contributed by atoms with Crippen LogP contribution in [0.5, 0.6) is 5.75 Å². The van der Waals surface area contributed by atoms with Crippen LogP contribution in [0.3, 0.4) is 0 Å². The van der Waals surface area contributed by atoms with Gasteiger partial charge in [-0.1, -0.05) is 18.2 Å².